The average molecular weight is 395 g/mol. The number of ether oxygens (including phenoxy) is 5. The van der Waals surface area contributed by atoms with Crippen molar-refractivity contribution in [1.29, 1.82) is 0 Å². The van der Waals surface area contributed by atoms with Gasteiger partial charge in [0.05, 0.1) is 25.4 Å². The maximum absolute atomic E-state index is 9.33. The number of hydrogen-bond acceptors (Lipinski definition) is 7. The van der Waals surface area contributed by atoms with E-state index in [1.54, 1.807) is 0 Å². The fraction of sp³-hybridized carbons (Fsp3) is 1.00. The van der Waals surface area contributed by atoms with E-state index in [0.717, 1.165) is 38.5 Å². The largest absolute Gasteiger partial charge is 0.391 e. The van der Waals surface area contributed by atoms with Gasteiger partial charge in [-0.15, -0.1) is 0 Å². The van der Waals surface area contributed by atoms with E-state index >= 15 is 0 Å². The Bertz CT molecular complexity index is 253. The van der Waals surface area contributed by atoms with Gasteiger partial charge in [0.1, 0.15) is 0 Å². The van der Waals surface area contributed by atoms with Crippen LogP contribution in [-0.2, 0) is 23.7 Å². The van der Waals surface area contributed by atoms with Crippen LogP contribution in [0.1, 0.15) is 52.4 Å². The second-order valence-electron chi connectivity index (χ2n) is 6.53. The molecule has 2 unspecified atom stereocenters. The lowest BCUT2D eigenvalue weighted by Gasteiger charge is -2.09. The van der Waals surface area contributed by atoms with Crippen LogP contribution in [0.4, 0.5) is 0 Å². The molecule has 0 fully saturated rings. The zero-order valence-corrected chi connectivity index (χ0v) is 17.4. The van der Waals surface area contributed by atoms with Crippen molar-refractivity contribution in [2.45, 2.75) is 64.6 Å². The third kappa shape index (κ3) is 21.9. The molecule has 0 aliphatic heterocycles. The molecular weight excluding hydrogens is 352 g/mol. The quantitative estimate of drug-likeness (QED) is 0.272. The SMILES string of the molecule is CCC(O)COCCCOCCCOCCCOCCCOCC(O)CC. The summed E-state index contributed by atoms with van der Waals surface area (Å²) >= 11 is 0. The van der Waals surface area contributed by atoms with Crippen molar-refractivity contribution >= 4 is 0 Å². The summed E-state index contributed by atoms with van der Waals surface area (Å²) in [6.45, 7) is 10.1. The van der Waals surface area contributed by atoms with Gasteiger partial charge in [-0.05, 0) is 38.5 Å². The van der Waals surface area contributed by atoms with Crippen LogP contribution in [0.15, 0.2) is 0 Å². The van der Waals surface area contributed by atoms with Crippen molar-refractivity contribution in [3.05, 3.63) is 0 Å². The first-order chi connectivity index (χ1) is 13.2. The minimum atomic E-state index is -0.354. The number of aliphatic hydroxyl groups is 2. The van der Waals surface area contributed by atoms with Gasteiger partial charge >= 0.3 is 0 Å². The van der Waals surface area contributed by atoms with Gasteiger partial charge in [0.15, 0.2) is 0 Å². The summed E-state index contributed by atoms with van der Waals surface area (Å²) in [7, 11) is 0. The molecule has 0 aromatic heterocycles. The molecule has 0 saturated heterocycles. The zero-order chi connectivity index (χ0) is 20.0. The summed E-state index contributed by atoms with van der Waals surface area (Å²) < 4.78 is 27.2. The van der Waals surface area contributed by atoms with Crippen molar-refractivity contribution in [2.24, 2.45) is 0 Å². The molecule has 0 aromatic carbocycles. The van der Waals surface area contributed by atoms with Crippen LogP contribution in [-0.4, -0.2) is 88.5 Å². The minimum Gasteiger partial charge on any atom is -0.391 e. The number of aliphatic hydroxyl groups excluding tert-OH is 2. The van der Waals surface area contributed by atoms with E-state index in [2.05, 4.69) is 0 Å². The van der Waals surface area contributed by atoms with Crippen LogP contribution in [0.2, 0.25) is 0 Å². The monoisotopic (exact) mass is 394 g/mol. The Labute approximate surface area is 165 Å². The lowest BCUT2D eigenvalue weighted by Crippen LogP contribution is -2.15. The van der Waals surface area contributed by atoms with E-state index < -0.39 is 0 Å². The van der Waals surface area contributed by atoms with Crippen molar-refractivity contribution in [2.75, 3.05) is 66.1 Å². The smallest absolute Gasteiger partial charge is 0.0771 e. The molecule has 27 heavy (non-hydrogen) atoms. The molecule has 2 N–H and O–H groups in total. The second-order valence-corrected chi connectivity index (χ2v) is 6.53. The maximum atomic E-state index is 9.33. The minimum absolute atomic E-state index is 0.354. The van der Waals surface area contributed by atoms with Gasteiger partial charge in [0.2, 0.25) is 0 Å². The van der Waals surface area contributed by atoms with Crippen LogP contribution in [0.3, 0.4) is 0 Å². The summed E-state index contributed by atoms with van der Waals surface area (Å²) in [4.78, 5) is 0. The topological polar surface area (TPSA) is 86.6 Å². The molecule has 0 rings (SSSR count). The molecule has 164 valence electrons. The Kier molecular flexibility index (Phi) is 21.8. The molecule has 0 aliphatic rings. The predicted molar refractivity (Wildman–Crippen MR) is 105 cm³/mol. The fourth-order valence-corrected chi connectivity index (χ4v) is 2.03. The van der Waals surface area contributed by atoms with Crippen molar-refractivity contribution < 1.29 is 33.9 Å². The van der Waals surface area contributed by atoms with Gasteiger partial charge in [-0.2, -0.15) is 0 Å². The van der Waals surface area contributed by atoms with Gasteiger partial charge in [-0.3, -0.25) is 0 Å². The highest BCUT2D eigenvalue weighted by molar-refractivity contribution is 4.49. The molecular formula is C20H42O7. The highest BCUT2D eigenvalue weighted by Crippen LogP contribution is 1.95. The Hall–Kier alpha value is -0.280. The summed E-state index contributed by atoms with van der Waals surface area (Å²) in [5.74, 6) is 0. The lowest BCUT2D eigenvalue weighted by atomic mass is 10.3. The molecule has 0 bridgehead atoms. The molecule has 0 aromatic rings. The van der Waals surface area contributed by atoms with Crippen LogP contribution in [0.25, 0.3) is 0 Å². The Balaban J connectivity index is 3.03. The van der Waals surface area contributed by atoms with Crippen LogP contribution in [0.5, 0.6) is 0 Å². The summed E-state index contributed by atoms with van der Waals surface area (Å²) in [5.41, 5.74) is 0. The fourth-order valence-electron chi connectivity index (χ4n) is 2.03. The zero-order valence-electron chi connectivity index (χ0n) is 17.4. The first-order valence-electron chi connectivity index (χ1n) is 10.5. The molecule has 7 nitrogen and oxygen atoms in total. The van der Waals surface area contributed by atoms with Crippen molar-refractivity contribution in [3.63, 3.8) is 0 Å². The highest BCUT2D eigenvalue weighted by atomic mass is 16.5. The third-order valence-corrected chi connectivity index (χ3v) is 3.87. The molecule has 2 atom stereocenters. The predicted octanol–water partition coefficient (Wildman–Crippen LogP) is 2.17. The second kappa shape index (κ2) is 22.0. The average Bonchev–Trinajstić information content (AvgIpc) is 2.69. The van der Waals surface area contributed by atoms with Crippen LogP contribution < -0.4 is 0 Å². The summed E-state index contributed by atoms with van der Waals surface area (Å²) in [5, 5.41) is 18.7. The van der Waals surface area contributed by atoms with Gasteiger partial charge in [0.25, 0.3) is 0 Å². The highest BCUT2D eigenvalue weighted by Gasteiger charge is 2.00. The first kappa shape index (κ1) is 26.7. The Morgan fingerprint density at radius 2 is 0.741 bits per heavy atom. The van der Waals surface area contributed by atoms with E-state index in [0.29, 0.717) is 66.1 Å². The van der Waals surface area contributed by atoms with Gasteiger partial charge in [-0.1, -0.05) is 13.8 Å². The number of hydrogen-bond donors (Lipinski definition) is 2. The molecule has 0 spiro atoms. The normalized spacial score (nSPS) is 13.8. The van der Waals surface area contributed by atoms with E-state index in [4.69, 9.17) is 23.7 Å². The standard InChI is InChI=1S/C20H42O7/c1-3-19(21)17-26-15-7-13-24-11-5-9-23-10-6-12-25-14-8-16-27-18-20(22)4-2/h19-22H,3-18H2,1-2H3. The van der Waals surface area contributed by atoms with Crippen molar-refractivity contribution in [3.8, 4) is 0 Å². The first-order valence-corrected chi connectivity index (χ1v) is 10.5. The maximum Gasteiger partial charge on any atom is 0.0771 e. The van der Waals surface area contributed by atoms with Gasteiger partial charge < -0.3 is 33.9 Å². The van der Waals surface area contributed by atoms with Crippen LogP contribution in [0, 0.1) is 0 Å². The molecule has 0 heterocycles. The summed E-state index contributed by atoms with van der Waals surface area (Å²) in [6.07, 6.45) is 4.21. The van der Waals surface area contributed by atoms with E-state index in [1.165, 1.54) is 0 Å². The molecule has 0 radical (unpaired) electrons. The lowest BCUT2D eigenvalue weighted by molar-refractivity contribution is 0.0180. The third-order valence-electron chi connectivity index (χ3n) is 3.87. The van der Waals surface area contributed by atoms with E-state index in [9.17, 15) is 10.2 Å². The van der Waals surface area contributed by atoms with E-state index in [1.807, 2.05) is 13.8 Å². The molecule has 0 aliphatic carbocycles. The van der Waals surface area contributed by atoms with Crippen molar-refractivity contribution in [1.82, 2.24) is 0 Å². The summed E-state index contributed by atoms with van der Waals surface area (Å²) in [6, 6.07) is 0. The van der Waals surface area contributed by atoms with Gasteiger partial charge in [0, 0.05) is 52.9 Å². The number of rotatable bonds is 22. The Morgan fingerprint density at radius 1 is 0.481 bits per heavy atom. The van der Waals surface area contributed by atoms with Gasteiger partial charge in [-0.25, -0.2) is 0 Å². The van der Waals surface area contributed by atoms with Crippen LogP contribution >= 0.6 is 0 Å². The Morgan fingerprint density at radius 3 is 1.00 bits per heavy atom. The molecule has 0 amide bonds. The molecule has 0 saturated carbocycles. The van der Waals surface area contributed by atoms with E-state index in [-0.39, 0.29) is 12.2 Å². The molecule has 7 heteroatoms.